The molecule has 220 valence electrons. The van der Waals surface area contributed by atoms with Gasteiger partial charge >= 0.3 is 6.03 Å². The van der Waals surface area contributed by atoms with Crippen molar-refractivity contribution in [1.82, 2.24) is 20.0 Å². The van der Waals surface area contributed by atoms with Crippen LogP contribution in [0.1, 0.15) is 48.0 Å². The summed E-state index contributed by atoms with van der Waals surface area (Å²) in [6.45, 7) is 2.11. The van der Waals surface area contributed by atoms with Crippen LogP contribution in [0.4, 0.5) is 16.2 Å². The Hall–Kier alpha value is -2.96. The minimum atomic E-state index is -0.994. The predicted octanol–water partition coefficient (Wildman–Crippen LogP) is 4.23. The number of fused-ring (bicyclic) bond motifs is 1. The molecule has 2 aliphatic rings. The molecule has 0 aliphatic carbocycles. The van der Waals surface area contributed by atoms with Gasteiger partial charge in [0.15, 0.2) is 5.78 Å². The molecular formula is C29H36Br2N6O4. The number of carbonyl (C=O) groups is 4. The van der Waals surface area contributed by atoms with Crippen molar-refractivity contribution >= 4 is 66.9 Å². The number of anilines is 2. The molecule has 4 N–H and O–H groups in total. The largest absolute Gasteiger partial charge is 0.397 e. The highest BCUT2D eigenvalue weighted by Crippen LogP contribution is 2.31. The monoisotopic (exact) mass is 690 g/mol. The van der Waals surface area contributed by atoms with E-state index in [9.17, 15) is 19.2 Å². The molecule has 2 heterocycles. The third-order valence-corrected chi connectivity index (χ3v) is 8.82. The lowest BCUT2D eigenvalue weighted by molar-refractivity contribution is -0.137. The molecule has 10 nitrogen and oxygen atoms in total. The Morgan fingerprint density at radius 1 is 1.12 bits per heavy atom. The van der Waals surface area contributed by atoms with Gasteiger partial charge in [0.1, 0.15) is 6.04 Å². The number of halogens is 2. The van der Waals surface area contributed by atoms with Crippen LogP contribution in [0, 0.1) is 0 Å². The van der Waals surface area contributed by atoms with Crippen molar-refractivity contribution in [2.45, 2.75) is 50.7 Å². The third-order valence-electron chi connectivity index (χ3n) is 7.51. The Morgan fingerprint density at radius 3 is 2.44 bits per heavy atom. The van der Waals surface area contributed by atoms with E-state index in [1.165, 1.54) is 0 Å². The number of Topliss-reactive ketones (excluding diaryl/α,β-unsaturated/α-hetero) is 1. The van der Waals surface area contributed by atoms with Crippen molar-refractivity contribution in [2.75, 3.05) is 44.8 Å². The molecule has 4 rings (SSSR count). The van der Waals surface area contributed by atoms with E-state index in [2.05, 4.69) is 42.5 Å². The van der Waals surface area contributed by atoms with Crippen LogP contribution in [0.15, 0.2) is 45.3 Å². The second-order valence-electron chi connectivity index (χ2n) is 10.8. The molecule has 2 aromatic carbocycles. The molecule has 4 amide bonds. The molecule has 1 fully saturated rings. The number of rotatable bonds is 10. The van der Waals surface area contributed by atoms with Crippen LogP contribution < -0.4 is 16.4 Å². The van der Waals surface area contributed by atoms with Crippen LogP contribution in [0.25, 0.3) is 0 Å². The van der Waals surface area contributed by atoms with Crippen molar-refractivity contribution in [3.63, 3.8) is 0 Å². The summed E-state index contributed by atoms with van der Waals surface area (Å²) in [6.07, 6.45) is 1.93. The van der Waals surface area contributed by atoms with E-state index in [1.807, 2.05) is 48.2 Å². The van der Waals surface area contributed by atoms with Gasteiger partial charge < -0.3 is 31.1 Å². The van der Waals surface area contributed by atoms with Crippen LogP contribution in [0.3, 0.4) is 0 Å². The van der Waals surface area contributed by atoms with Crippen LogP contribution in [-0.2, 0) is 16.1 Å². The molecule has 0 saturated carbocycles. The summed E-state index contributed by atoms with van der Waals surface area (Å²) in [5.74, 6) is -0.840. The molecule has 0 radical (unpaired) electrons. The summed E-state index contributed by atoms with van der Waals surface area (Å²) in [5, 5.41) is 5.79. The fourth-order valence-corrected chi connectivity index (χ4v) is 6.39. The Bertz CT molecular complexity index is 1290. The summed E-state index contributed by atoms with van der Waals surface area (Å²) in [7, 11) is 3.86. The topological polar surface area (TPSA) is 128 Å². The second kappa shape index (κ2) is 13.8. The SMILES string of the molecule is CN(C)CCCC(=O)NC(CC(=O)c1cc(Br)c(N)c(Br)c1)C(=O)N1CCC(N2Cc3ccccc3NC2=O)CC1. The third kappa shape index (κ3) is 7.87. The van der Waals surface area contributed by atoms with E-state index >= 15 is 0 Å². The Kier molecular flexibility index (Phi) is 10.4. The highest BCUT2D eigenvalue weighted by Gasteiger charge is 2.35. The zero-order valence-electron chi connectivity index (χ0n) is 23.3. The lowest BCUT2D eigenvalue weighted by Crippen LogP contribution is -2.55. The normalized spacial score (nSPS) is 16.3. The van der Waals surface area contributed by atoms with Gasteiger partial charge in [0.05, 0.1) is 5.69 Å². The van der Waals surface area contributed by atoms with Gasteiger partial charge in [-0.05, 0) is 95.5 Å². The van der Waals surface area contributed by atoms with Crippen molar-refractivity contribution in [3.8, 4) is 0 Å². The first-order chi connectivity index (χ1) is 19.5. The summed E-state index contributed by atoms with van der Waals surface area (Å²) in [6, 6.07) is 9.84. The maximum absolute atomic E-state index is 13.7. The molecule has 41 heavy (non-hydrogen) atoms. The van der Waals surface area contributed by atoms with E-state index in [0.29, 0.717) is 59.1 Å². The molecule has 2 aromatic rings. The van der Waals surface area contributed by atoms with E-state index in [-0.39, 0.29) is 42.5 Å². The minimum absolute atomic E-state index is 0.0161. The van der Waals surface area contributed by atoms with Crippen LogP contribution in [0.2, 0.25) is 0 Å². The summed E-state index contributed by atoms with van der Waals surface area (Å²) >= 11 is 6.73. The van der Waals surface area contributed by atoms with Gasteiger partial charge in [-0.15, -0.1) is 0 Å². The average Bonchev–Trinajstić information content (AvgIpc) is 2.94. The first-order valence-electron chi connectivity index (χ1n) is 13.7. The van der Waals surface area contributed by atoms with Crippen molar-refractivity contribution < 1.29 is 19.2 Å². The fraction of sp³-hybridized carbons (Fsp3) is 0.448. The summed E-state index contributed by atoms with van der Waals surface area (Å²) < 4.78 is 1.13. The zero-order chi connectivity index (χ0) is 29.7. The second-order valence-corrected chi connectivity index (χ2v) is 12.5. The number of hydrogen-bond acceptors (Lipinski definition) is 6. The van der Waals surface area contributed by atoms with Gasteiger partial charge in [0.25, 0.3) is 0 Å². The van der Waals surface area contributed by atoms with Crippen LogP contribution >= 0.6 is 31.9 Å². The molecule has 1 unspecified atom stereocenters. The van der Waals surface area contributed by atoms with Gasteiger partial charge in [0, 0.05) is 58.7 Å². The zero-order valence-corrected chi connectivity index (χ0v) is 26.5. The van der Waals surface area contributed by atoms with Crippen molar-refractivity contribution in [2.24, 2.45) is 0 Å². The maximum atomic E-state index is 13.7. The number of carbonyl (C=O) groups excluding carboxylic acids is 4. The number of nitrogens with zero attached hydrogens (tertiary/aromatic N) is 3. The molecule has 12 heteroatoms. The molecule has 1 saturated heterocycles. The van der Waals surface area contributed by atoms with Gasteiger partial charge in [-0.3, -0.25) is 14.4 Å². The number of nitrogen functional groups attached to an aromatic ring is 1. The van der Waals surface area contributed by atoms with Gasteiger partial charge in [-0.25, -0.2) is 4.79 Å². The Morgan fingerprint density at radius 2 is 1.78 bits per heavy atom. The number of ketones is 1. The number of hydrogen-bond donors (Lipinski definition) is 3. The molecule has 0 aromatic heterocycles. The number of urea groups is 1. The average molecular weight is 692 g/mol. The lowest BCUT2D eigenvalue weighted by atomic mass is 9.98. The first kappa shape index (κ1) is 31.0. The fourth-order valence-electron chi connectivity index (χ4n) is 5.21. The smallest absolute Gasteiger partial charge is 0.322 e. The highest BCUT2D eigenvalue weighted by atomic mass is 79.9. The van der Waals surface area contributed by atoms with Crippen LogP contribution in [-0.4, -0.2) is 84.1 Å². The van der Waals surface area contributed by atoms with E-state index < -0.39 is 6.04 Å². The maximum Gasteiger partial charge on any atom is 0.322 e. The minimum Gasteiger partial charge on any atom is -0.397 e. The number of nitrogens with two attached hydrogens (primary N) is 1. The van der Waals surface area contributed by atoms with Crippen molar-refractivity contribution in [1.29, 1.82) is 0 Å². The molecule has 1 atom stereocenters. The van der Waals surface area contributed by atoms with E-state index in [4.69, 9.17) is 5.73 Å². The Labute approximate surface area is 257 Å². The number of para-hydroxylation sites is 1. The van der Waals surface area contributed by atoms with E-state index in [0.717, 1.165) is 17.8 Å². The number of nitrogens with one attached hydrogen (secondary N) is 2. The number of piperidine rings is 1. The highest BCUT2D eigenvalue weighted by molar-refractivity contribution is 9.11. The molecule has 0 spiro atoms. The Balaban J connectivity index is 1.43. The van der Waals surface area contributed by atoms with Crippen LogP contribution in [0.5, 0.6) is 0 Å². The predicted molar refractivity (Wildman–Crippen MR) is 166 cm³/mol. The summed E-state index contributed by atoms with van der Waals surface area (Å²) in [4.78, 5) is 58.1. The van der Waals surface area contributed by atoms with Crippen molar-refractivity contribution in [3.05, 3.63) is 56.5 Å². The summed E-state index contributed by atoms with van der Waals surface area (Å²) in [5.41, 5.74) is 8.71. The first-order valence-corrected chi connectivity index (χ1v) is 15.3. The molecule has 2 aliphatic heterocycles. The number of likely N-dealkylation sites (tertiary alicyclic amines) is 1. The van der Waals surface area contributed by atoms with Gasteiger partial charge in [-0.1, -0.05) is 18.2 Å². The lowest BCUT2D eigenvalue weighted by Gasteiger charge is -2.41. The van der Waals surface area contributed by atoms with Gasteiger partial charge in [-0.2, -0.15) is 0 Å². The standard InChI is InChI=1S/C29H36Br2N6O4/c1-35(2)11-5-8-26(39)33-24(16-25(38)19-14-21(30)27(32)22(31)15-19)28(40)36-12-9-20(10-13-36)37-17-18-6-3-4-7-23(18)34-29(37)41/h3-4,6-7,14-15,20,24H,5,8-13,16-17,32H2,1-2H3,(H,33,39)(H,34,41). The molecule has 0 bridgehead atoms. The quantitative estimate of drug-likeness (QED) is 0.253. The van der Waals surface area contributed by atoms with Gasteiger partial charge in [0.2, 0.25) is 11.8 Å². The molecular weight excluding hydrogens is 656 g/mol. The number of benzene rings is 2. The number of amides is 4. The van der Waals surface area contributed by atoms with E-state index in [1.54, 1.807) is 17.0 Å².